The van der Waals surface area contributed by atoms with Crippen molar-refractivity contribution in [1.82, 2.24) is 0 Å². The van der Waals surface area contributed by atoms with Crippen LogP contribution in [0.2, 0.25) is 0 Å². The van der Waals surface area contributed by atoms with Gasteiger partial charge in [-0.2, -0.15) is 26.3 Å². The minimum absolute atomic E-state index is 0.153. The number of hydrogen-bond acceptors (Lipinski definition) is 2. The number of halogens is 6. The second-order valence-corrected chi connectivity index (χ2v) is 6.61. The summed E-state index contributed by atoms with van der Waals surface area (Å²) in [6, 6.07) is 9.07. The molecule has 2 rings (SSSR count). The zero-order valence-electron chi connectivity index (χ0n) is 15.8. The van der Waals surface area contributed by atoms with Crippen LogP contribution in [-0.4, -0.2) is 23.4 Å². The number of aliphatic hydroxyl groups is 2. The number of benzene rings is 2. The summed E-state index contributed by atoms with van der Waals surface area (Å²) < 4.78 is 76.3. The summed E-state index contributed by atoms with van der Waals surface area (Å²) in [4.78, 5) is 0. The molecule has 0 aliphatic rings. The van der Waals surface area contributed by atoms with Crippen LogP contribution in [0.1, 0.15) is 22.3 Å². The minimum atomic E-state index is -4.45. The van der Waals surface area contributed by atoms with Gasteiger partial charge in [-0.15, -0.1) is 0 Å². The number of aliphatic hydroxyl groups excluding tert-OH is 2. The predicted octanol–water partition coefficient (Wildman–Crippen LogP) is 5.35. The van der Waals surface area contributed by atoms with E-state index in [1.54, 1.807) is 6.08 Å². The molecule has 0 unspecified atom stereocenters. The van der Waals surface area contributed by atoms with Gasteiger partial charge in [0.2, 0.25) is 0 Å². The Bertz CT molecular complexity index is 876. The van der Waals surface area contributed by atoms with Crippen molar-refractivity contribution in [3.63, 3.8) is 0 Å². The van der Waals surface area contributed by atoms with E-state index >= 15 is 0 Å². The average molecular weight is 430 g/mol. The lowest BCUT2D eigenvalue weighted by atomic mass is 9.94. The van der Waals surface area contributed by atoms with Crippen LogP contribution >= 0.6 is 0 Å². The molecule has 0 aliphatic heterocycles. The maximum Gasteiger partial charge on any atom is 0.416 e. The zero-order chi connectivity index (χ0) is 22.4. The Kier molecular flexibility index (Phi) is 7.86. The summed E-state index contributed by atoms with van der Waals surface area (Å²) in [5.41, 5.74) is 0.569. The van der Waals surface area contributed by atoms with Gasteiger partial charge in [-0.05, 0) is 59.4 Å². The molecule has 0 amide bonds. The van der Waals surface area contributed by atoms with Gasteiger partial charge in [-0.3, -0.25) is 0 Å². The molecule has 0 saturated heterocycles. The van der Waals surface area contributed by atoms with Crippen molar-refractivity contribution < 1.29 is 36.6 Å². The van der Waals surface area contributed by atoms with E-state index < -0.39 is 30.1 Å². The minimum Gasteiger partial charge on any atom is -0.392 e. The van der Waals surface area contributed by atoms with E-state index in [4.69, 9.17) is 5.11 Å². The molecule has 2 aromatic carbocycles. The maximum atomic E-state index is 12.7. The van der Waals surface area contributed by atoms with Crippen molar-refractivity contribution >= 4 is 0 Å². The van der Waals surface area contributed by atoms with E-state index in [0.717, 1.165) is 24.3 Å². The smallest absolute Gasteiger partial charge is 0.392 e. The van der Waals surface area contributed by atoms with Gasteiger partial charge in [0.25, 0.3) is 0 Å². The Morgan fingerprint density at radius 1 is 0.700 bits per heavy atom. The lowest BCUT2D eigenvalue weighted by Crippen LogP contribution is -2.07. The van der Waals surface area contributed by atoms with Gasteiger partial charge in [0.1, 0.15) is 0 Å². The standard InChI is InChI=1S/C22H20F6O2/c23-21(24,25)19-7-3-15(4-8-19)12-17(2-1-11-29)18(14-30)13-16-5-9-20(10-6-16)22(26,27)28/h1-10,29-30H,11-14H2/b2-1+,18-17-. The van der Waals surface area contributed by atoms with Crippen LogP contribution in [-0.2, 0) is 25.2 Å². The highest BCUT2D eigenvalue weighted by atomic mass is 19.4. The molecule has 2 aromatic rings. The van der Waals surface area contributed by atoms with Crippen LogP contribution < -0.4 is 0 Å². The van der Waals surface area contributed by atoms with Gasteiger partial charge in [-0.1, -0.05) is 36.4 Å². The van der Waals surface area contributed by atoms with Crippen LogP contribution in [0.15, 0.2) is 71.8 Å². The molecule has 0 saturated carbocycles. The Hall–Kier alpha value is -2.58. The normalized spacial score (nSPS) is 13.6. The molecule has 8 heteroatoms. The molecule has 2 nitrogen and oxygen atoms in total. The average Bonchev–Trinajstić information content (AvgIpc) is 2.69. The van der Waals surface area contributed by atoms with Crippen molar-refractivity contribution in [3.05, 3.63) is 94.1 Å². The summed E-state index contributed by atoms with van der Waals surface area (Å²) in [6.07, 6.45) is -5.60. The lowest BCUT2D eigenvalue weighted by Gasteiger charge is -2.13. The van der Waals surface area contributed by atoms with E-state index in [-0.39, 0.29) is 19.4 Å². The first-order valence-corrected chi connectivity index (χ1v) is 8.96. The molecular weight excluding hydrogens is 410 g/mol. The summed E-state index contributed by atoms with van der Waals surface area (Å²) in [6.45, 7) is -0.678. The first-order chi connectivity index (χ1) is 14.0. The highest BCUT2D eigenvalue weighted by Crippen LogP contribution is 2.31. The Labute approximate surface area is 169 Å². The number of allylic oxidation sites excluding steroid dienone is 2. The van der Waals surface area contributed by atoms with E-state index in [1.165, 1.54) is 30.3 Å². The number of hydrogen-bond donors (Lipinski definition) is 2. The molecule has 0 aliphatic carbocycles. The Balaban J connectivity index is 2.30. The first-order valence-electron chi connectivity index (χ1n) is 8.96. The summed E-state index contributed by atoms with van der Waals surface area (Å²) >= 11 is 0. The molecule has 2 N–H and O–H groups in total. The number of rotatable bonds is 7. The second-order valence-electron chi connectivity index (χ2n) is 6.61. The first kappa shape index (κ1) is 23.7. The molecule has 0 spiro atoms. The summed E-state index contributed by atoms with van der Waals surface area (Å²) in [5.74, 6) is 0. The molecule has 0 heterocycles. The highest BCUT2D eigenvalue weighted by Gasteiger charge is 2.30. The molecule has 0 aromatic heterocycles. The van der Waals surface area contributed by atoms with Gasteiger partial charge < -0.3 is 10.2 Å². The third kappa shape index (κ3) is 6.74. The molecule has 0 bridgehead atoms. The van der Waals surface area contributed by atoms with Crippen LogP contribution in [0.3, 0.4) is 0 Å². The van der Waals surface area contributed by atoms with E-state index in [0.29, 0.717) is 22.3 Å². The topological polar surface area (TPSA) is 40.5 Å². The molecule has 0 fully saturated rings. The van der Waals surface area contributed by atoms with Crippen LogP contribution in [0.25, 0.3) is 0 Å². The molecule has 162 valence electrons. The van der Waals surface area contributed by atoms with Gasteiger partial charge in [0.05, 0.1) is 24.3 Å². The van der Waals surface area contributed by atoms with Crippen LogP contribution in [0.5, 0.6) is 0 Å². The predicted molar refractivity (Wildman–Crippen MR) is 101 cm³/mol. The largest absolute Gasteiger partial charge is 0.416 e. The van der Waals surface area contributed by atoms with Crippen molar-refractivity contribution in [1.29, 1.82) is 0 Å². The van der Waals surface area contributed by atoms with Gasteiger partial charge in [-0.25, -0.2) is 0 Å². The van der Waals surface area contributed by atoms with Crippen molar-refractivity contribution in [2.45, 2.75) is 25.2 Å². The van der Waals surface area contributed by atoms with Gasteiger partial charge in [0, 0.05) is 0 Å². The summed E-state index contributed by atoms with van der Waals surface area (Å²) in [5, 5.41) is 18.8. The Morgan fingerprint density at radius 3 is 1.50 bits per heavy atom. The van der Waals surface area contributed by atoms with Gasteiger partial charge >= 0.3 is 12.4 Å². The molecular formula is C22H20F6O2. The van der Waals surface area contributed by atoms with Crippen molar-refractivity contribution in [2.24, 2.45) is 0 Å². The summed E-state index contributed by atoms with van der Waals surface area (Å²) in [7, 11) is 0. The second kappa shape index (κ2) is 9.95. The van der Waals surface area contributed by atoms with E-state index in [2.05, 4.69) is 0 Å². The molecule has 0 atom stereocenters. The highest BCUT2D eigenvalue weighted by molar-refractivity contribution is 5.37. The van der Waals surface area contributed by atoms with Crippen molar-refractivity contribution in [2.75, 3.05) is 13.2 Å². The van der Waals surface area contributed by atoms with Gasteiger partial charge in [0.15, 0.2) is 0 Å². The fourth-order valence-corrected chi connectivity index (χ4v) is 2.86. The SMILES string of the molecule is OC/C=C/C(Cc1ccc(C(F)(F)F)cc1)=C(/CO)Cc1ccc(C(F)(F)F)cc1. The van der Waals surface area contributed by atoms with E-state index in [1.807, 2.05) is 0 Å². The zero-order valence-corrected chi connectivity index (χ0v) is 15.8. The third-order valence-corrected chi connectivity index (χ3v) is 4.44. The van der Waals surface area contributed by atoms with E-state index in [9.17, 15) is 31.4 Å². The quantitative estimate of drug-likeness (QED) is 0.460. The fraction of sp³-hybridized carbons (Fsp3) is 0.273. The molecule has 0 radical (unpaired) electrons. The monoisotopic (exact) mass is 430 g/mol. The Morgan fingerprint density at radius 2 is 1.13 bits per heavy atom. The maximum absolute atomic E-state index is 12.7. The molecule has 30 heavy (non-hydrogen) atoms. The van der Waals surface area contributed by atoms with Crippen molar-refractivity contribution in [3.8, 4) is 0 Å². The number of alkyl halides is 6. The fourth-order valence-electron chi connectivity index (χ4n) is 2.86. The van der Waals surface area contributed by atoms with Crippen LogP contribution in [0, 0.1) is 0 Å². The lowest BCUT2D eigenvalue weighted by molar-refractivity contribution is -0.138. The van der Waals surface area contributed by atoms with Crippen LogP contribution in [0.4, 0.5) is 26.3 Å². The third-order valence-electron chi connectivity index (χ3n) is 4.44.